The van der Waals surface area contributed by atoms with E-state index in [0.717, 1.165) is 22.4 Å². The minimum Gasteiger partial charge on any atom is -0.443 e. The molecule has 10 heteroatoms. The molecule has 0 saturated carbocycles. The summed E-state index contributed by atoms with van der Waals surface area (Å²) in [5, 5.41) is 0.570. The van der Waals surface area contributed by atoms with E-state index in [-0.39, 0.29) is 5.00 Å². The van der Waals surface area contributed by atoms with Crippen molar-refractivity contribution < 1.29 is 23.5 Å². The minimum absolute atomic E-state index is 0.186. The van der Waals surface area contributed by atoms with E-state index in [9.17, 15) is 14.0 Å². The zero-order chi connectivity index (χ0) is 20.4. The van der Waals surface area contributed by atoms with E-state index in [2.05, 4.69) is 9.97 Å². The number of hydrogen-bond donors (Lipinski definition) is 0. The van der Waals surface area contributed by atoms with Gasteiger partial charge in [-0.25, -0.2) is 19.0 Å². The molecular formula is C17H19ClFN3O4S. The van der Waals surface area contributed by atoms with Gasteiger partial charge in [-0.1, -0.05) is 22.9 Å². The number of anilines is 1. The molecule has 146 valence electrons. The zero-order valence-corrected chi connectivity index (χ0v) is 17.0. The van der Waals surface area contributed by atoms with Crippen molar-refractivity contribution in [2.45, 2.75) is 45.8 Å². The maximum Gasteiger partial charge on any atom is 0.426 e. The number of carbonyl (C=O) groups excluding carboxylic acids is 2. The molecule has 0 fully saturated rings. The molecule has 0 aliphatic carbocycles. The van der Waals surface area contributed by atoms with Crippen molar-refractivity contribution in [3.8, 4) is 10.6 Å². The normalized spacial score (nSPS) is 12.4. The number of ether oxygens (including phenoxy) is 2. The van der Waals surface area contributed by atoms with Crippen LogP contribution in [0.3, 0.4) is 0 Å². The molecule has 0 radical (unpaired) electrons. The lowest BCUT2D eigenvalue weighted by Crippen LogP contribution is -2.41. The zero-order valence-electron chi connectivity index (χ0n) is 15.4. The smallest absolute Gasteiger partial charge is 0.426 e. The first-order valence-electron chi connectivity index (χ1n) is 7.94. The van der Waals surface area contributed by atoms with Crippen molar-refractivity contribution in [1.29, 1.82) is 0 Å². The van der Waals surface area contributed by atoms with E-state index in [1.54, 1.807) is 27.7 Å². The summed E-state index contributed by atoms with van der Waals surface area (Å²) in [6.45, 7) is 8.05. The van der Waals surface area contributed by atoms with Gasteiger partial charge in [-0.05, 0) is 40.7 Å². The van der Waals surface area contributed by atoms with Crippen molar-refractivity contribution in [2.24, 2.45) is 0 Å². The van der Waals surface area contributed by atoms with Crippen molar-refractivity contribution in [3.63, 3.8) is 0 Å². The number of aromatic nitrogens is 2. The second-order valence-corrected chi connectivity index (χ2v) is 8.14. The lowest BCUT2D eigenvalue weighted by Gasteiger charge is -2.25. The first kappa shape index (κ1) is 21.0. The number of aryl methyl sites for hydroxylation is 1. The molecule has 2 amide bonds. The predicted molar refractivity (Wildman–Crippen MR) is 101 cm³/mol. The third-order valence-corrected chi connectivity index (χ3v) is 4.23. The van der Waals surface area contributed by atoms with Crippen LogP contribution in [0.1, 0.15) is 33.4 Å². The number of imide groups is 1. The standard InChI is InChI=1S/C17H19ClFN3O4S/c1-9-14(27-13(21-9)11-6-12(19)8-20-7-11)22(15(23)25-10(2)18)16(24)26-17(3,4)5/h6-8,10H,1-5H3. The summed E-state index contributed by atoms with van der Waals surface area (Å²) in [6.07, 6.45) is 0.571. The summed E-state index contributed by atoms with van der Waals surface area (Å²) in [5.74, 6) is -0.527. The van der Waals surface area contributed by atoms with Gasteiger partial charge in [-0.15, -0.1) is 0 Å². The second kappa shape index (κ2) is 8.18. The molecule has 0 saturated heterocycles. The third kappa shape index (κ3) is 5.61. The van der Waals surface area contributed by atoms with Crippen LogP contribution in [0.15, 0.2) is 18.5 Å². The van der Waals surface area contributed by atoms with E-state index in [4.69, 9.17) is 21.1 Å². The fourth-order valence-electron chi connectivity index (χ4n) is 1.99. The maximum atomic E-state index is 13.4. The Morgan fingerprint density at radius 1 is 1.30 bits per heavy atom. The highest BCUT2D eigenvalue weighted by Crippen LogP contribution is 2.35. The summed E-state index contributed by atoms with van der Waals surface area (Å²) in [5.41, 5.74) is -1.01. The quantitative estimate of drug-likeness (QED) is 0.647. The van der Waals surface area contributed by atoms with Gasteiger partial charge in [0, 0.05) is 11.8 Å². The van der Waals surface area contributed by atoms with Gasteiger partial charge in [0.1, 0.15) is 21.4 Å². The molecule has 7 nitrogen and oxygen atoms in total. The fourth-order valence-corrected chi connectivity index (χ4v) is 3.09. The average Bonchev–Trinajstić information content (AvgIpc) is 2.86. The van der Waals surface area contributed by atoms with Gasteiger partial charge in [-0.3, -0.25) is 4.98 Å². The van der Waals surface area contributed by atoms with E-state index in [1.807, 2.05) is 0 Å². The van der Waals surface area contributed by atoms with Gasteiger partial charge in [-0.2, -0.15) is 4.90 Å². The number of amides is 2. The molecule has 2 rings (SSSR count). The molecule has 1 atom stereocenters. The molecule has 0 spiro atoms. The van der Waals surface area contributed by atoms with Gasteiger partial charge >= 0.3 is 12.2 Å². The van der Waals surface area contributed by atoms with Crippen LogP contribution in [0.25, 0.3) is 10.6 Å². The van der Waals surface area contributed by atoms with Crippen LogP contribution in [-0.2, 0) is 9.47 Å². The highest BCUT2D eigenvalue weighted by Gasteiger charge is 2.34. The Labute approximate surface area is 165 Å². The lowest BCUT2D eigenvalue weighted by molar-refractivity contribution is 0.0566. The Morgan fingerprint density at radius 2 is 1.96 bits per heavy atom. The average molecular weight is 416 g/mol. The van der Waals surface area contributed by atoms with Gasteiger partial charge in [0.05, 0.1) is 11.9 Å². The predicted octanol–water partition coefficient (Wildman–Crippen LogP) is 5.12. The Morgan fingerprint density at radius 3 is 2.52 bits per heavy atom. The Bertz CT molecular complexity index is 851. The highest BCUT2D eigenvalue weighted by molar-refractivity contribution is 7.19. The molecule has 2 aromatic heterocycles. The van der Waals surface area contributed by atoms with Crippen LogP contribution >= 0.6 is 22.9 Å². The molecule has 2 heterocycles. The summed E-state index contributed by atoms with van der Waals surface area (Å²) in [7, 11) is 0. The lowest BCUT2D eigenvalue weighted by atomic mass is 10.2. The molecule has 2 aromatic rings. The van der Waals surface area contributed by atoms with Gasteiger partial charge in [0.25, 0.3) is 0 Å². The minimum atomic E-state index is -0.998. The van der Waals surface area contributed by atoms with Crippen LogP contribution in [0, 0.1) is 12.7 Å². The first-order chi connectivity index (χ1) is 12.5. The van der Waals surface area contributed by atoms with E-state index < -0.39 is 29.2 Å². The number of hydrogen-bond acceptors (Lipinski definition) is 7. The fraction of sp³-hybridized carbons (Fsp3) is 0.412. The van der Waals surface area contributed by atoms with E-state index >= 15 is 0 Å². The molecule has 0 N–H and O–H groups in total. The van der Waals surface area contributed by atoms with Gasteiger partial charge < -0.3 is 9.47 Å². The number of nitrogens with zero attached hydrogens (tertiary/aromatic N) is 3. The molecule has 0 aliphatic rings. The van der Waals surface area contributed by atoms with Crippen molar-refractivity contribution in [1.82, 2.24) is 9.97 Å². The summed E-state index contributed by atoms with van der Waals surface area (Å²) < 4.78 is 23.7. The number of thiazole rings is 1. The van der Waals surface area contributed by atoms with Crippen LogP contribution in [-0.4, -0.2) is 33.3 Å². The SMILES string of the molecule is Cc1nc(-c2cncc(F)c2)sc1N(C(=O)OC(C)Cl)C(=O)OC(C)(C)C. The summed E-state index contributed by atoms with van der Waals surface area (Å²) in [6, 6.07) is 1.26. The third-order valence-electron chi connectivity index (χ3n) is 2.95. The van der Waals surface area contributed by atoms with Crippen LogP contribution < -0.4 is 4.90 Å². The Kier molecular flexibility index (Phi) is 6.38. The molecular weight excluding hydrogens is 397 g/mol. The maximum absolute atomic E-state index is 13.4. The highest BCUT2D eigenvalue weighted by atomic mass is 35.5. The summed E-state index contributed by atoms with van der Waals surface area (Å²) in [4.78, 5) is 33.9. The van der Waals surface area contributed by atoms with E-state index in [0.29, 0.717) is 16.3 Å². The van der Waals surface area contributed by atoms with Crippen molar-refractivity contribution in [3.05, 3.63) is 30.0 Å². The Hall–Kier alpha value is -2.26. The van der Waals surface area contributed by atoms with Crippen LogP contribution in [0.5, 0.6) is 0 Å². The van der Waals surface area contributed by atoms with Crippen molar-refractivity contribution >= 4 is 40.1 Å². The van der Waals surface area contributed by atoms with Crippen LogP contribution in [0.4, 0.5) is 19.0 Å². The molecule has 27 heavy (non-hydrogen) atoms. The molecule has 1 unspecified atom stereocenters. The van der Waals surface area contributed by atoms with E-state index in [1.165, 1.54) is 19.2 Å². The molecule has 0 bridgehead atoms. The number of halogens is 2. The molecule has 0 aliphatic heterocycles. The van der Waals surface area contributed by atoms with Crippen LogP contribution in [0.2, 0.25) is 0 Å². The second-order valence-electron chi connectivity index (χ2n) is 6.54. The number of rotatable bonds is 3. The van der Waals surface area contributed by atoms with Gasteiger partial charge in [0.2, 0.25) is 0 Å². The largest absolute Gasteiger partial charge is 0.443 e. The number of alkyl halides is 1. The van der Waals surface area contributed by atoms with Crippen molar-refractivity contribution in [2.75, 3.05) is 4.90 Å². The first-order valence-corrected chi connectivity index (χ1v) is 9.19. The monoisotopic (exact) mass is 415 g/mol. The number of pyridine rings is 1. The summed E-state index contributed by atoms with van der Waals surface area (Å²) >= 11 is 6.72. The topological polar surface area (TPSA) is 81.6 Å². The number of carbonyl (C=O) groups is 2. The van der Waals surface area contributed by atoms with Gasteiger partial charge in [0.15, 0.2) is 5.56 Å². The molecule has 0 aromatic carbocycles. The Balaban J connectivity index is 2.46.